The number of hydrogen-bond acceptors (Lipinski definition) is 2. The van der Waals surface area contributed by atoms with E-state index >= 15 is 0 Å². The summed E-state index contributed by atoms with van der Waals surface area (Å²) in [4.78, 5) is 0. The number of nitrogen functional groups attached to an aromatic ring is 1. The Hall–Kier alpha value is -2.24. The van der Waals surface area contributed by atoms with Crippen LogP contribution in [0.15, 0.2) is 42.5 Å². The lowest BCUT2D eigenvalue weighted by Crippen LogP contribution is -1.84. The second-order valence-electron chi connectivity index (χ2n) is 3.85. The largest absolute Gasteiger partial charge is 0.399 e. The summed E-state index contributed by atoms with van der Waals surface area (Å²) in [6.45, 7) is 0. The summed E-state index contributed by atoms with van der Waals surface area (Å²) in [6.07, 6.45) is 3.82. The van der Waals surface area contributed by atoms with Crippen molar-refractivity contribution in [3.05, 3.63) is 64.2 Å². The SMILES string of the molecule is N#Cc1cccc(/C=C/c2ccc(N)cc2Cl)c1. The van der Waals surface area contributed by atoms with E-state index in [1.807, 2.05) is 36.4 Å². The van der Waals surface area contributed by atoms with Gasteiger partial charge in [-0.3, -0.25) is 0 Å². The van der Waals surface area contributed by atoms with Crippen LogP contribution in [-0.4, -0.2) is 0 Å². The minimum absolute atomic E-state index is 0.614. The topological polar surface area (TPSA) is 49.8 Å². The molecule has 0 saturated heterocycles. The van der Waals surface area contributed by atoms with Crippen molar-refractivity contribution in [3.8, 4) is 6.07 Å². The molecule has 2 aromatic rings. The number of rotatable bonds is 2. The number of nitrogens with two attached hydrogens (primary N) is 1. The first-order chi connectivity index (χ1) is 8.69. The fraction of sp³-hybridized carbons (Fsp3) is 0. The number of anilines is 1. The quantitative estimate of drug-likeness (QED) is 0.651. The second kappa shape index (κ2) is 5.39. The van der Waals surface area contributed by atoms with Crippen LogP contribution in [0, 0.1) is 11.3 Å². The van der Waals surface area contributed by atoms with Crippen molar-refractivity contribution in [3.63, 3.8) is 0 Å². The van der Waals surface area contributed by atoms with Crippen molar-refractivity contribution in [2.75, 3.05) is 5.73 Å². The van der Waals surface area contributed by atoms with Gasteiger partial charge in [0.05, 0.1) is 11.6 Å². The third-order valence-corrected chi connectivity index (χ3v) is 2.82. The van der Waals surface area contributed by atoms with Crippen LogP contribution in [0.3, 0.4) is 0 Å². The average Bonchev–Trinajstić information content (AvgIpc) is 2.38. The van der Waals surface area contributed by atoms with Crippen molar-refractivity contribution in [1.82, 2.24) is 0 Å². The molecule has 0 fully saturated rings. The molecule has 0 aliphatic heterocycles. The van der Waals surface area contributed by atoms with E-state index in [0.29, 0.717) is 16.3 Å². The molecular formula is C15H11ClN2. The van der Waals surface area contributed by atoms with E-state index in [0.717, 1.165) is 11.1 Å². The summed E-state index contributed by atoms with van der Waals surface area (Å²) < 4.78 is 0. The summed E-state index contributed by atoms with van der Waals surface area (Å²) in [5.74, 6) is 0. The lowest BCUT2D eigenvalue weighted by atomic mass is 10.1. The molecule has 0 aliphatic carbocycles. The molecular weight excluding hydrogens is 244 g/mol. The van der Waals surface area contributed by atoms with E-state index in [-0.39, 0.29) is 0 Å². The highest BCUT2D eigenvalue weighted by Crippen LogP contribution is 2.21. The van der Waals surface area contributed by atoms with E-state index in [1.165, 1.54) is 0 Å². The van der Waals surface area contributed by atoms with Crippen LogP contribution >= 0.6 is 11.6 Å². The maximum absolute atomic E-state index is 8.81. The molecule has 18 heavy (non-hydrogen) atoms. The molecule has 0 radical (unpaired) electrons. The molecule has 0 amide bonds. The molecule has 0 bridgehead atoms. The van der Waals surface area contributed by atoms with Gasteiger partial charge in [0.25, 0.3) is 0 Å². The van der Waals surface area contributed by atoms with Gasteiger partial charge in [0.2, 0.25) is 0 Å². The van der Waals surface area contributed by atoms with Crippen molar-refractivity contribution in [2.45, 2.75) is 0 Å². The number of nitrogens with zero attached hydrogens (tertiary/aromatic N) is 1. The first-order valence-corrected chi connectivity index (χ1v) is 5.80. The molecule has 0 unspecified atom stereocenters. The summed E-state index contributed by atoms with van der Waals surface area (Å²) in [7, 11) is 0. The maximum atomic E-state index is 8.81. The molecule has 2 N–H and O–H groups in total. The predicted molar refractivity (Wildman–Crippen MR) is 75.9 cm³/mol. The number of hydrogen-bond donors (Lipinski definition) is 1. The first kappa shape index (κ1) is 12.2. The van der Waals surface area contributed by atoms with Crippen LogP contribution in [0.25, 0.3) is 12.2 Å². The van der Waals surface area contributed by atoms with Crippen molar-refractivity contribution < 1.29 is 0 Å². The molecule has 0 spiro atoms. The zero-order valence-electron chi connectivity index (χ0n) is 9.60. The monoisotopic (exact) mass is 254 g/mol. The zero-order chi connectivity index (χ0) is 13.0. The third-order valence-electron chi connectivity index (χ3n) is 2.50. The molecule has 3 heteroatoms. The van der Waals surface area contributed by atoms with Gasteiger partial charge < -0.3 is 5.73 Å². The average molecular weight is 255 g/mol. The van der Waals surface area contributed by atoms with Crippen molar-refractivity contribution in [1.29, 1.82) is 5.26 Å². The Morgan fingerprint density at radius 3 is 2.67 bits per heavy atom. The minimum atomic E-state index is 0.614. The van der Waals surface area contributed by atoms with Gasteiger partial charge in [0.1, 0.15) is 0 Å². The third kappa shape index (κ3) is 2.91. The molecule has 0 heterocycles. The Morgan fingerprint density at radius 1 is 1.11 bits per heavy atom. The molecule has 0 atom stereocenters. The van der Waals surface area contributed by atoms with Gasteiger partial charge in [0, 0.05) is 10.7 Å². The van der Waals surface area contributed by atoms with Gasteiger partial charge >= 0.3 is 0 Å². The van der Waals surface area contributed by atoms with E-state index in [2.05, 4.69) is 6.07 Å². The van der Waals surface area contributed by atoms with Crippen LogP contribution < -0.4 is 5.73 Å². The number of halogens is 1. The zero-order valence-corrected chi connectivity index (χ0v) is 10.4. The van der Waals surface area contributed by atoms with E-state index in [9.17, 15) is 0 Å². The Labute approximate surface area is 111 Å². The molecule has 0 saturated carbocycles. The van der Waals surface area contributed by atoms with Gasteiger partial charge in [-0.1, -0.05) is 42.0 Å². The lowest BCUT2D eigenvalue weighted by molar-refractivity contribution is 1.48. The highest BCUT2D eigenvalue weighted by molar-refractivity contribution is 6.32. The van der Waals surface area contributed by atoms with E-state index in [4.69, 9.17) is 22.6 Å². The van der Waals surface area contributed by atoms with E-state index < -0.39 is 0 Å². The molecule has 2 nitrogen and oxygen atoms in total. The molecule has 2 rings (SSSR count). The van der Waals surface area contributed by atoms with E-state index in [1.54, 1.807) is 18.2 Å². The van der Waals surface area contributed by atoms with Crippen LogP contribution in [0.4, 0.5) is 5.69 Å². The lowest BCUT2D eigenvalue weighted by Gasteiger charge is -2.00. The second-order valence-corrected chi connectivity index (χ2v) is 4.26. The minimum Gasteiger partial charge on any atom is -0.399 e. The standard InChI is InChI=1S/C15H11ClN2/c16-15-9-14(18)7-6-13(15)5-4-11-2-1-3-12(8-11)10-17/h1-9H,18H2/b5-4+. The molecule has 88 valence electrons. The van der Waals surface area contributed by atoms with Crippen LogP contribution in [-0.2, 0) is 0 Å². The summed E-state index contributed by atoms with van der Waals surface area (Å²) in [5.41, 5.74) is 8.77. The van der Waals surface area contributed by atoms with Crippen LogP contribution in [0.2, 0.25) is 5.02 Å². The molecule has 2 aromatic carbocycles. The molecule has 0 aromatic heterocycles. The Kier molecular flexibility index (Phi) is 3.66. The normalized spacial score (nSPS) is 10.4. The summed E-state index contributed by atoms with van der Waals surface area (Å²) >= 11 is 6.07. The highest BCUT2D eigenvalue weighted by Gasteiger charge is 1.97. The van der Waals surface area contributed by atoms with Gasteiger partial charge in [-0.2, -0.15) is 5.26 Å². The van der Waals surface area contributed by atoms with Gasteiger partial charge in [-0.15, -0.1) is 0 Å². The number of nitriles is 1. The first-order valence-electron chi connectivity index (χ1n) is 5.42. The number of benzene rings is 2. The Balaban J connectivity index is 2.27. The fourth-order valence-electron chi connectivity index (χ4n) is 1.58. The summed E-state index contributed by atoms with van der Waals surface area (Å²) in [6, 6.07) is 14.9. The van der Waals surface area contributed by atoms with Gasteiger partial charge in [0.15, 0.2) is 0 Å². The Morgan fingerprint density at radius 2 is 1.94 bits per heavy atom. The Bertz CT molecular complexity index is 639. The van der Waals surface area contributed by atoms with Gasteiger partial charge in [-0.05, 0) is 35.4 Å². The smallest absolute Gasteiger partial charge is 0.0991 e. The molecule has 0 aliphatic rings. The van der Waals surface area contributed by atoms with Crippen LogP contribution in [0.5, 0.6) is 0 Å². The highest BCUT2D eigenvalue weighted by atomic mass is 35.5. The fourth-order valence-corrected chi connectivity index (χ4v) is 1.83. The van der Waals surface area contributed by atoms with Crippen molar-refractivity contribution in [2.24, 2.45) is 0 Å². The predicted octanol–water partition coefficient (Wildman–Crippen LogP) is 3.96. The van der Waals surface area contributed by atoms with Gasteiger partial charge in [-0.25, -0.2) is 0 Å². The van der Waals surface area contributed by atoms with Crippen LogP contribution in [0.1, 0.15) is 16.7 Å². The van der Waals surface area contributed by atoms with Crippen molar-refractivity contribution >= 4 is 29.4 Å². The maximum Gasteiger partial charge on any atom is 0.0991 e. The summed E-state index contributed by atoms with van der Waals surface area (Å²) in [5, 5.41) is 9.43.